The highest BCUT2D eigenvalue weighted by Crippen LogP contribution is 2.25. The summed E-state index contributed by atoms with van der Waals surface area (Å²) in [5.74, 6) is -1.02. The molecule has 1 fully saturated rings. The third kappa shape index (κ3) is 3.29. The number of aliphatic carboxylic acids is 1. The molecule has 0 saturated carbocycles. The van der Waals surface area contributed by atoms with E-state index < -0.39 is 22.1 Å². The van der Waals surface area contributed by atoms with Gasteiger partial charge in [-0.1, -0.05) is 23.7 Å². The van der Waals surface area contributed by atoms with E-state index in [-0.39, 0.29) is 36.0 Å². The number of carbonyl (C=O) groups is 1. The van der Waals surface area contributed by atoms with Gasteiger partial charge in [0.25, 0.3) is 0 Å². The van der Waals surface area contributed by atoms with E-state index in [9.17, 15) is 13.2 Å². The van der Waals surface area contributed by atoms with Gasteiger partial charge in [-0.15, -0.1) is 0 Å². The number of ether oxygens (including phenoxy) is 1. The second-order valence-electron chi connectivity index (χ2n) is 4.38. The predicted octanol–water partition coefficient (Wildman–Crippen LogP) is 1.20. The summed E-state index contributed by atoms with van der Waals surface area (Å²) in [5, 5.41) is 8.89. The Morgan fingerprint density at radius 2 is 2.15 bits per heavy atom. The number of nitrogens with zero attached hydrogens (tertiary/aromatic N) is 1. The molecule has 20 heavy (non-hydrogen) atoms. The van der Waals surface area contributed by atoms with Gasteiger partial charge in [0, 0.05) is 13.1 Å². The molecule has 1 aliphatic rings. The van der Waals surface area contributed by atoms with Gasteiger partial charge in [-0.05, 0) is 12.1 Å². The molecule has 1 unspecified atom stereocenters. The van der Waals surface area contributed by atoms with Gasteiger partial charge in [0.05, 0.1) is 24.2 Å². The minimum absolute atomic E-state index is 0.0137. The van der Waals surface area contributed by atoms with Crippen molar-refractivity contribution in [1.29, 1.82) is 0 Å². The van der Waals surface area contributed by atoms with Crippen LogP contribution in [0.5, 0.6) is 0 Å². The van der Waals surface area contributed by atoms with E-state index in [1.165, 1.54) is 16.4 Å². The van der Waals surface area contributed by atoms with Gasteiger partial charge in [-0.3, -0.25) is 4.79 Å². The first kappa shape index (κ1) is 15.2. The fraction of sp³-hybridized carbons (Fsp3) is 0.417. The lowest BCUT2D eigenvalue weighted by Gasteiger charge is -2.31. The minimum Gasteiger partial charge on any atom is -0.481 e. The van der Waals surface area contributed by atoms with Crippen molar-refractivity contribution in [2.45, 2.75) is 17.4 Å². The van der Waals surface area contributed by atoms with Gasteiger partial charge < -0.3 is 9.84 Å². The van der Waals surface area contributed by atoms with E-state index in [4.69, 9.17) is 21.4 Å². The van der Waals surface area contributed by atoms with Crippen LogP contribution >= 0.6 is 11.6 Å². The van der Waals surface area contributed by atoms with Crippen LogP contribution in [0.15, 0.2) is 29.2 Å². The first-order valence-corrected chi connectivity index (χ1v) is 7.81. The molecule has 1 heterocycles. The normalized spacial score (nSPS) is 20.8. The quantitative estimate of drug-likeness (QED) is 0.901. The lowest BCUT2D eigenvalue weighted by atomic mass is 10.2. The van der Waals surface area contributed by atoms with Crippen molar-refractivity contribution in [2.75, 3.05) is 19.7 Å². The maximum Gasteiger partial charge on any atom is 0.306 e. The molecule has 0 bridgehead atoms. The fourth-order valence-electron chi connectivity index (χ4n) is 2.02. The van der Waals surface area contributed by atoms with Gasteiger partial charge in [-0.2, -0.15) is 4.31 Å². The molecule has 0 amide bonds. The summed E-state index contributed by atoms with van der Waals surface area (Å²) in [5.41, 5.74) is 0. The lowest BCUT2D eigenvalue weighted by Crippen LogP contribution is -2.46. The van der Waals surface area contributed by atoms with Gasteiger partial charge in [0.1, 0.15) is 4.90 Å². The largest absolute Gasteiger partial charge is 0.481 e. The molecular formula is C12H14ClNO5S. The second-order valence-corrected chi connectivity index (χ2v) is 6.70. The zero-order chi connectivity index (χ0) is 14.8. The van der Waals surface area contributed by atoms with Crippen LogP contribution in [0.25, 0.3) is 0 Å². The highest BCUT2D eigenvalue weighted by atomic mass is 35.5. The van der Waals surface area contributed by atoms with Crippen LogP contribution < -0.4 is 0 Å². The number of hydrogen-bond donors (Lipinski definition) is 1. The average molecular weight is 320 g/mol. The molecule has 0 spiro atoms. The molecule has 1 aromatic rings. The maximum atomic E-state index is 12.5. The standard InChI is InChI=1S/C12H14ClNO5S/c13-10-3-1-2-4-11(10)20(17,18)14-5-6-19-9(8-14)7-12(15)16/h1-4,9H,5-8H2,(H,15,16). The number of carboxylic acid groups (broad SMARTS) is 1. The Morgan fingerprint density at radius 1 is 1.45 bits per heavy atom. The van der Waals surface area contributed by atoms with Crippen molar-refractivity contribution in [3.05, 3.63) is 29.3 Å². The SMILES string of the molecule is O=C(O)CC1CN(S(=O)(=O)c2ccccc2Cl)CCO1. The monoisotopic (exact) mass is 319 g/mol. The molecule has 6 nitrogen and oxygen atoms in total. The first-order chi connectivity index (χ1) is 9.41. The molecule has 0 aliphatic carbocycles. The topological polar surface area (TPSA) is 83.9 Å². The van der Waals surface area contributed by atoms with Gasteiger partial charge in [-0.25, -0.2) is 8.42 Å². The molecule has 1 atom stereocenters. The van der Waals surface area contributed by atoms with Crippen molar-refractivity contribution in [2.24, 2.45) is 0 Å². The van der Waals surface area contributed by atoms with Crippen molar-refractivity contribution in [3.8, 4) is 0 Å². The predicted molar refractivity (Wildman–Crippen MR) is 72.2 cm³/mol. The zero-order valence-corrected chi connectivity index (χ0v) is 12.1. The Labute approximate surface area is 122 Å². The molecule has 0 radical (unpaired) electrons. The Bertz CT molecular complexity index is 604. The van der Waals surface area contributed by atoms with Crippen LogP contribution in [-0.4, -0.2) is 49.6 Å². The molecule has 1 aromatic carbocycles. The summed E-state index contributed by atoms with van der Waals surface area (Å²) in [6.45, 7) is 0.366. The lowest BCUT2D eigenvalue weighted by molar-refractivity contribution is -0.141. The summed E-state index contributed by atoms with van der Waals surface area (Å²) in [6, 6.07) is 6.17. The smallest absolute Gasteiger partial charge is 0.306 e. The molecule has 8 heteroatoms. The number of sulfonamides is 1. The van der Waals surface area contributed by atoms with E-state index in [0.717, 1.165) is 0 Å². The van der Waals surface area contributed by atoms with Crippen molar-refractivity contribution in [3.63, 3.8) is 0 Å². The second kappa shape index (κ2) is 6.09. The van der Waals surface area contributed by atoms with Crippen LogP contribution in [-0.2, 0) is 19.6 Å². The highest BCUT2D eigenvalue weighted by molar-refractivity contribution is 7.89. The van der Waals surface area contributed by atoms with Crippen LogP contribution in [0.1, 0.15) is 6.42 Å². The third-order valence-electron chi connectivity index (χ3n) is 2.96. The molecule has 1 N–H and O–H groups in total. The van der Waals surface area contributed by atoms with Gasteiger partial charge in [0.2, 0.25) is 10.0 Å². The number of halogens is 1. The summed E-state index contributed by atoms with van der Waals surface area (Å²) in [4.78, 5) is 10.7. The van der Waals surface area contributed by atoms with Crippen molar-refractivity contribution < 1.29 is 23.1 Å². The van der Waals surface area contributed by atoms with Crippen LogP contribution in [0, 0.1) is 0 Å². The zero-order valence-electron chi connectivity index (χ0n) is 10.5. The number of carboxylic acids is 1. The Morgan fingerprint density at radius 3 is 2.80 bits per heavy atom. The fourth-order valence-corrected chi connectivity index (χ4v) is 3.97. The van der Waals surface area contributed by atoms with Gasteiger partial charge in [0.15, 0.2) is 0 Å². The highest BCUT2D eigenvalue weighted by Gasteiger charge is 2.32. The Hall–Kier alpha value is -1.15. The molecule has 110 valence electrons. The number of benzene rings is 1. The third-order valence-corrected chi connectivity index (χ3v) is 5.32. The van der Waals surface area contributed by atoms with E-state index in [0.29, 0.717) is 0 Å². The molecule has 0 aromatic heterocycles. The summed E-state index contributed by atoms with van der Waals surface area (Å²) >= 11 is 5.92. The van der Waals surface area contributed by atoms with E-state index in [1.807, 2.05) is 0 Å². The van der Waals surface area contributed by atoms with Gasteiger partial charge >= 0.3 is 5.97 Å². The number of rotatable bonds is 4. The summed E-state index contributed by atoms with van der Waals surface area (Å²) in [6.07, 6.45) is -0.868. The Balaban J connectivity index is 2.22. The van der Waals surface area contributed by atoms with E-state index in [1.54, 1.807) is 12.1 Å². The molecule has 1 saturated heterocycles. The minimum atomic E-state index is -3.73. The van der Waals surface area contributed by atoms with E-state index in [2.05, 4.69) is 0 Å². The molecule has 1 aliphatic heterocycles. The van der Waals surface area contributed by atoms with Crippen LogP contribution in [0.4, 0.5) is 0 Å². The van der Waals surface area contributed by atoms with Crippen LogP contribution in [0.3, 0.4) is 0 Å². The van der Waals surface area contributed by atoms with E-state index >= 15 is 0 Å². The first-order valence-electron chi connectivity index (χ1n) is 5.99. The number of hydrogen-bond acceptors (Lipinski definition) is 4. The van der Waals surface area contributed by atoms with Crippen LogP contribution in [0.2, 0.25) is 5.02 Å². The van der Waals surface area contributed by atoms with Crippen molar-refractivity contribution in [1.82, 2.24) is 4.31 Å². The Kier molecular flexibility index (Phi) is 4.64. The summed E-state index contributed by atoms with van der Waals surface area (Å²) < 4.78 is 31.4. The average Bonchev–Trinajstić information content (AvgIpc) is 2.38. The maximum absolute atomic E-state index is 12.5. The number of morpholine rings is 1. The molecule has 2 rings (SSSR count). The molecular weight excluding hydrogens is 306 g/mol. The summed E-state index contributed by atoms with van der Waals surface area (Å²) in [7, 11) is -3.73. The van der Waals surface area contributed by atoms with Crippen molar-refractivity contribution >= 4 is 27.6 Å².